The van der Waals surface area contributed by atoms with E-state index in [1.807, 2.05) is 0 Å². The van der Waals surface area contributed by atoms with Gasteiger partial charge in [0, 0.05) is 0 Å². The number of ether oxygens (including phenoxy) is 2. The predicted octanol–water partition coefficient (Wildman–Crippen LogP) is 2.55. The number of hydrogen-bond acceptors (Lipinski definition) is 4. The lowest BCUT2D eigenvalue weighted by molar-refractivity contribution is 0.0894. The number of ketones is 1. The maximum Gasteiger partial charge on any atom is 0.235 e. The van der Waals surface area contributed by atoms with Crippen LogP contribution in [0, 0.1) is 0 Å². The van der Waals surface area contributed by atoms with Crippen LogP contribution >= 0.6 is 0 Å². The molecule has 1 aromatic carbocycles. The van der Waals surface area contributed by atoms with Gasteiger partial charge in [-0.1, -0.05) is 0 Å². The molecule has 88 valence electrons. The molecule has 0 radical (unpaired) electrons. The van der Waals surface area contributed by atoms with Gasteiger partial charge in [0.05, 0.1) is 13.4 Å². The summed E-state index contributed by atoms with van der Waals surface area (Å²) in [5, 5.41) is 0. The first-order valence-corrected chi connectivity index (χ1v) is 5.13. The number of carbonyl (C=O) groups excluding carboxylic acids is 1. The summed E-state index contributed by atoms with van der Waals surface area (Å²) in [7, 11) is 1.59. The van der Waals surface area contributed by atoms with Crippen LogP contribution in [0.3, 0.4) is 0 Å². The van der Waals surface area contributed by atoms with Gasteiger partial charge in [-0.25, -0.2) is 0 Å². The van der Waals surface area contributed by atoms with E-state index in [2.05, 4.69) is 0 Å². The zero-order valence-electron chi connectivity index (χ0n) is 9.38. The van der Waals surface area contributed by atoms with Gasteiger partial charge in [-0.15, -0.1) is 0 Å². The Morgan fingerprint density at radius 3 is 2.47 bits per heavy atom. The SMILES string of the molecule is COc1ccc(OCC(=O)c2ccco2)cc1. The molecule has 0 aliphatic carbocycles. The van der Waals surface area contributed by atoms with E-state index >= 15 is 0 Å². The van der Waals surface area contributed by atoms with Crippen molar-refractivity contribution >= 4 is 5.78 Å². The lowest BCUT2D eigenvalue weighted by atomic mass is 10.3. The number of rotatable bonds is 5. The standard InChI is InChI=1S/C13H12O4/c1-15-10-4-6-11(7-5-10)17-9-12(14)13-3-2-8-16-13/h2-8H,9H2,1H3. The average Bonchev–Trinajstić information content (AvgIpc) is 2.90. The van der Waals surface area contributed by atoms with Gasteiger partial charge in [0.2, 0.25) is 5.78 Å². The Bertz CT molecular complexity index is 471. The number of Topliss-reactive ketones (excluding diaryl/α,β-unsaturated/α-hetero) is 1. The van der Waals surface area contributed by atoms with E-state index in [1.54, 1.807) is 43.5 Å². The van der Waals surface area contributed by atoms with E-state index in [1.165, 1.54) is 6.26 Å². The summed E-state index contributed by atoms with van der Waals surface area (Å²) in [6, 6.07) is 10.3. The molecule has 4 nitrogen and oxygen atoms in total. The fraction of sp³-hybridized carbons (Fsp3) is 0.154. The number of carbonyl (C=O) groups is 1. The first kappa shape index (κ1) is 11.3. The molecule has 0 unspecified atom stereocenters. The van der Waals surface area contributed by atoms with Gasteiger partial charge >= 0.3 is 0 Å². The van der Waals surface area contributed by atoms with Crippen molar-refractivity contribution in [2.45, 2.75) is 0 Å². The molecule has 1 heterocycles. The highest BCUT2D eigenvalue weighted by Crippen LogP contribution is 2.17. The topological polar surface area (TPSA) is 48.7 Å². The van der Waals surface area contributed by atoms with Gasteiger partial charge in [0.1, 0.15) is 11.5 Å². The van der Waals surface area contributed by atoms with Crippen molar-refractivity contribution in [3.8, 4) is 11.5 Å². The van der Waals surface area contributed by atoms with Crippen LogP contribution in [0.4, 0.5) is 0 Å². The van der Waals surface area contributed by atoms with Gasteiger partial charge in [-0.3, -0.25) is 4.79 Å². The maximum absolute atomic E-state index is 11.6. The van der Waals surface area contributed by atoms with Crippen LogP contribution in [-0.4, -0.2) is 19.5 Å². The number of methoxy groups -OCH3 is 1. The monoisotopic (exact) mass is 232 g/mol. The zero-order valence-corrected chi connectivity index (χ0v) is 9.38. The van der Waals surface area contributed by atoms with E-state index < -0.39 is 0 Å². The van der Waals surface area contributed by atoms with Crippen LogP contribution in [0.25, 0.3) is 0 Å². The van der Waals surface area contributed by atoms with Crippen molar-refractivity contribution in [3.63, 3.8) is 0 Å². The van der Waals surface area contributed by atoms with Gasteiger partial charge < -0.3 is 13.9 Å². The second kappa shape index (κ2) is 5.21. The van der Waals surface area contributed by atoms with Crippen LogP contribution in [0.1, 0.15) is 10.6 Å². The Morgan fingerprint density at radius 1 is 1.18 bits per heavy atom. The second-order valence-electron chi connectivity index (χ2n) is 3.36. The summed E-state index contributed by atoms with van der Waals surface area (Å²) >= 11 is 0. The lowest BCUT2D eigenvalue weighted by Crippen LogP contribution is -2.10. The Balaban J connectivity index is 1.91. The Kier molecular flexibility index (Phi) is 3.45. The smallest absolute Gasteiger partial charge is 0.235 e. The van der Waals surface area contributed by atoms with E-state index in [0.29, 0.717) is 11.5 Å². The van der Waals surface area contributed by atoms with Crippen LogP contribution in [0.5, 0.6) is 11.5 Å². The average molecular weight is 232 g/mol. The molecular formula is C13H12O4. The molecule has 0 fully saturated rings. The molecule has 0 spiro atoms. The molecule has 0 amide bonds. The Hall–Kier alpha value is -2.23. The minimum atomic E-state index is -0.189. The lowest BCUT2D eigenvalue weighted by Gasteiger charge is -2.05. The van der Waals surface area contributed by atoms with E-state index in [9.17, 15) is 4.79 Å². The number of benzene rings is 1. The first-order chi connectivity index (χ1) is 8.29. The van der Waals surface area contributed by atoms with Crippen LogP contribution in [0.2, 0.25) is 0 Å². The zero-order chi connectivity index (χ0) is 12.1. The predicted molar refractivity (Wildman–Crippen MR) is 61.5 cm³/mol. The Labute approximate surface area is 98.8 Å². The molecule has 0 saturated heterocycles. The van der Waals surface area contributed by atoms with Gasteiger partial charge in [0.25, 0.3) is 0 Å². The number of furan rings is 1. The Morgan fingerprint density at radius 2 is 1.88 bits per heavy atom. The highest BCUT2D eigenvalue weighted by atomic mass is 16.5. The summed E-state index contributed by atoms with van der Waals surface area (Å²) in [6.45, 7) is -0.0418. The molecule has 0 saturated carbocycles. The van der Waals surface area contributed by atoms with Crippen LogP contribution in [0.15, 0.2) is 47.1 Å². The van der Waals surface area contributed by atoms with Crippen LogP contribution in [-0.2, 0) is 0 Å². The summed E-state index contributed by atoms with van der Waals surface area (Å²) in [5.74, 6) is 1.48. The van der Waals surface area contributed by atoms with Gasteiger partial charge in [-0.2, -0.15) is 0 Å². The second-order valence-corrected chi connectivity index (χ2v) is 3.36. The van der Waals surface area contributed by atoms with Crippen molar-refractivity contribution in [3.05, 3.63) is 48.4 Å². The molecule has 0 atom stereocenters. The van der Waals surface area contributed by atoms with Crippen molar-refractivity contribution in [2.75, 3.05) is 13.7 Å². The number of hydrogen-bond donors (Lipinski definition) is 0. The highest BCUT2D eigenvalue weighted by Gasteiger charge is 2.09. The molecule has 0 aliphatic rings. The third-order valence-electron chi connectivity index (χ3n) is 2.23. The molecule has 17 heavy (non-hydrogen) atoms. The highest BCUT2D eigenvalue weighted by molar-refractivity contribution is 5.94. The first-order valence-electron chi connectivity index (χ1n) is 5.13. The fourth-order valence-corrected chi connectivity index (χ4v) is 1.33. The third kappa shape index (κ3) is 2.87. The minimum Gasteiger partial charge on any atom is -0.497 e. The molecule has 2 rings (SSSR count). The summed E-state index contributed by atoms with van der Waals surface area (Å²) in [4.78, 5) is 11.6. The molecule has 2 aromatic rings. The third-order valence-corrected chi connectivity index (χ3v) is 2.23. The fourth-order valence-electron chi connectivity index (χ4n) is 1.33. The van der Waals surface area contributed by atoms with E-state index in [4.69, 9.17) is 13.9 Å². The van der Waals surface area contributed by atoms with Crippen molar-refractivity contribution in [2.24, 2.45) is 0 Å². The summed E-state index contributed by atoms with van der Waals surface area (Å²) in [6.07, 6.45) is 1.46. The van der Waals surface area contributed by atoms with Crippen molar-refractivity contribution in [1.29, 1.82) is 0 Å². The molecule has 0 aliphatic heterocycles. The van der Waals surface area contributed by atoms with Crippen molar-refractivity contribution in [1.82, 2.24) is 0 Å². The largest absolute Gasteiger partial charge is 0.497 e. The minimum absolute atomic E-state index is 0.0418. The van der Waals surface area contributed by atoms with Crippen molar-refractivity contribution < 1.29 is 18.7 Å². The van der Waals surface area contributed by atoms with E-state index in [0.717, 1.165) is 5.75 Å². The quantitative estimate of drug-likeness (QED) is 0.743. The van der Waals surface area contributed by atoms with Gasteiger partial charge in [0.15, 0.2) is 12.4 Å². The maximum atomic E-state index is 11.6. The molecule has 0 bridgehead atoms. The molecule has 1 aromatic heterocycles. The van der Waals surface area contributed by atoms with Crippen LogP contribution < -0.4 is 9.47 Å². The molecule has 4 heteroatoms. The normalized spacial score (nSPS) is 9.94. The van der Waals surface area contributed by atoms with E-state index in [-0.39, 0.29) is 12.4 Å². The van der Waals surface area contributed by atoms with Gasteiger partial charge in [-0.05, 0) is 36.4 Å². The summed E-state index contributed by atoms with van der Waals surface area (Å²) < 4.78 is 15.3. The molecular weight excluding hydrogens is 220 g/mol. The summed E-state index contributed by atoms with van der Waals surface area (Å²) in [5.41, 5.74) is 0. The molecule has 0 N–H and O–H groups in total.